The van der Waals surface area contributed by atoms with E-state index in [4.69, 9.17) is 4.74 Å². The lowest BCUT2D eigenvalue weighted by Gasteiger charge is -2.13. The van der Waals surface area contributed by atoms with Gasteiger partial charge in [0.25, 0.3) is 0 Å². The minimum Gasteiger partial charge on any atom is -0.353 e. The molecule has 0 aromatic heterocycles. The van der Waals surface area contributed by atoms with Crippen LogP contribution in [0.15, 0.2) is 0 Å². The molecule has 0 amide bonds. The monoisotopic (exact) mass is 202 g/mol. The van der Waals surface area contributed by atoms with Gasteiger partial charge >= 0.3 is 0 Å². The molecule has 0 rings (SSSR count). The molecular formula is C4H10OS4. The van der Waals surface area contributed by atoms with Crippen LogP contribution in [0.2, 0.25) is 0 Å². The van der Waals surface area contributed by atoms with Gasteiger partial charge in [-0.1, -0.05) is 0 Å². The van der Waals surface area contributed by atoms with Crippen molar-refractivity contribution in [3.63, 3.8) is 0 Å². The maximum absolute atomic E-state index is 5.12. The van der Waals surface area contributed by atoms with Gasteiger partial charge < -0.3 is 4.74 Å². The van der Waals surface area contributed by atoms with Gasteiger partial charge in [0.1, 0.15) is 10.9 Å². The van der Waals surface area contributed by atoms with E-state index in [2.05, 4.69) is 50.5 Å². The van der Waals surface area contributed by atoms with Gasteiger partial charge in [-0.05, 0) is 0 Å². The second-order valence-corrected chi connectivity index (χ2v) is 3.29. The standard InChI is InChI=1S/C4H10OS4/c6-1-3(8)5-4(9)2-7/h3-4,6-9H,1-2H2. The summed E-state index contributed by atoms with van der Waals surface area (Å²) in [6.45, 7) is 0. The molecule has 0 saturated carbocycles. The largest absolute Gasteiger partial charge is 0.353 e. The molecule has 0 aliphatic heterocycles. The third-order valence-electron chi connectivity index (χ3n) is 0.627. The number of rotatable bonds is 4. The summed E-state index contributed by atoms with van der Waals surface area (Å²) in [5.74, 6) is 1.18. The molecule has 5 heteroatoms. The molecule has 56 valence electrons. The van der Waals surface area contributed by atoms with Crippen LogP contribution in [0.25, 0.3) is 0 Å². The first-order valence-electron chi connectivity index (χ1n) is 2.44. The predicted molar refractivity (Wildman–Crippen MR) is 54.3 cm³/mol. The van der Waals surface area contributed by atoms with Gasteiger partial charge in [-0.15, -0.1) is 25.3 Å². The maximum Gasteiger partial charge on any atom is 0.110 e. The summed E-state index contributed by atoms with van der Waals surface area (Å²) in [5, 5.41) is 0. The maximum atomic E-state index is 5.12. The average Bonchev–Trinajstić information content (AvgIpc) is 1.87. The van der Waals surface area contributed by atoms with Crippen molar-refractivity contribution in [2.24, 2.45) is 0 Å². The van der Waals surface area contributed by atoms with Gasteiger partial charge in [0, 0.05) is 11.5 Å². The molecule has 0 N–H and O–H groups in total. The van der Waals surface area contributed by atoms with Crippen LogP contribution < -0.4 is 0 Å². The fourth-order valence-electron chi connectivity index (χ4n) is 0.267. The number of hydrogen-bond acceptors (Lipinski definition) is 5. The SMILES string of the molecule is SCC(S)OC(S)CS. The normalized spacial score (nSPS) is 17.3. The quantitative estimate of drug-likeness (QED) is 0.398. The van der Waals surface area contributed by atoms with Crippen molar-refractivity contribution in [1.82, 2.24) is 0 Å². The molecule has 0 radical (unpaired) electrons. The first-order chi connectivity index (χ1) is 4.20. The fraction of sp³-hybridized carbons (Fsp3) is 1.00. The first kappa shape index (κ1) is 10.4. The third-order valence-corrected chi connectivity index (χ3v) is 2.47. The van der Waals surface area contributed by atoms with Gasteiger partial charge in [0.15, 0.2) is 0 Å². The summed E-state index contributed by atoms with van der Waals surface area (Å²) in [5.41, 5.74) is -0.272. The minimum absolute atomic E-state index is 0.136. The molecule has 0 spiro atoms. The van der Waals surface area contributed by atoms with Crippen molar-refractivity contribution in [3.8, 4) is 0 Å². The number of ether oxygens (including phenoxy) is 1. The van der Waals surface area contributed by atoms with Gasteiger partial charge in [0.2, 0.25) is 0 Å². The second kappa shape index (κ2) is 6.09. The fourth-order valence-corrected chi connectivity index (χ4v) is 0.829. The van der Waals surface area contributed by atoms with Crippen LogP contribution >= 0.6 is 50.5 Å². The van der Waals surface area contributed by atoms with E-state index in [0.29, 0.717) is 11.5 Å². The van der Waals surface area contributed by atoms with E-state index in [1.54, 1.807) is 0 Å². The molecule has 0 saturated heterocycles. The second-order valence-electron chi connectivity index (χ2n) is 1.41. The van der Waals surface area contributed by atoms with Gasteiger partial charge in [-0.2, -0.15) is 25.3 Å². The minimum atomic E-state index is -0.136. The van der Waals surface area contributed by atoms with Crippen LogP contribution in [0.5, 0.6) is 0 Å². The molecule has 1 nitrogen and oxygen atoms in total. The van der Waals surface area contributed by atoms with Crippen molar-refractivity contribution >= 4 is 50.5 Å². The van der Waals surface area contributed by atoms with Crippen LogP contribution in [0, 0.1) is 0 Å². The van der Waals surface area contributed by atoms with E-state index in [0.717, 1.165) is 0 Å². The lowest BCUT2D eigenvalue weighted by atomic mass is 10.8. The summed E-state index contributed by atoms with van der Waals surface area (Å²) in [4.78, 5) is 0. The van der Waals surface area contributed by atoms with Crippen molar-refractivity contribution in [3.05, 3.63) is 0 Å². The lowest BCUT2D eigenvalue weighted by molar-refractivity contribution is 0.122. The zero-order valence-electron chi connectivity index (χ0n) is 4.77. The van der Waals surface area contributed by atoms with Crippen molar-refractivity contribution in [2.45, 2.75) is 10.9 Å². The first-order valence-corrected chi connectivity index (χ1v) is 4.73. The molecule has 9 heavy (non-hydrogen) atoms. The highest BCUT2D eigenvalue weighted by atomic mass is 32.1. The average molecular weight is 202 g/mol. The molecule has 0 aromatic carbocycles. The lowest BCUT2D eigenvalue weighted by Crippen LogP contribution is -2.15. The van der Waals surface area contributed by atoms with E-state index in [1.807, 2.05) is 0 Å². The Hall–Kier alpha value is 1.36. The molecule has 0 aliphatic carbocycles. The Morgan fingerprint density at radius 1 is 1.00 bits per heavy atom. The van der Waals surface area contributed by atoms with Crippen molar-refractivity contribution in [1.29, 1.82) is 0 Å². The number of hydrogen-bond donors (Lipinski definition) is 4. The van der Waals surface area contributed by atoms with E-state index in [1.165, 1.54) is 0 Å². The summed E-state index contributed by atoms with van der Waals surface area (Å²) in [6.07, 6.45) is 0. The van der Waals surface area contributed by atoms with Gasteiger partial charge in [0.05, 0.1) is 0 Å². The molecule has 0 aliphatic rings. The van der Waals surface area contributed by atoms with E-state index in [-0.39, 0.29) is 10.9 Å². The molecule has 0 bridgehead atoms. The molecule has 0 fully saturated rings. The molecule has 0 aromatic rings. The summed E-state index contributed by atoms with van der Waals surface area (Å²) < 4.78 is 5.12. The van der Waals surface area contributed by atoms with E-state index >= 15 is 0 Å². The summed E-state index contributed by atoms with van der Waals surface area (Å²) in [6, 6.07) is 0. The Kier molecular flexibility index (Phi) is 7.02. The Morgan fingerprint density at radius 3 is 1.56 bits per heavy atom. The Bertz CT molecular complexity index is 61.6. The van der Waals surface area contributed by atoms with Gasteiger partial charge in [-0.25, -0.2) is 0 Å². The van der Waals surface area contributed by atoms with Gasteiger partial charge in [-0.3, -0.25) is 0 Å². The third kappa shape index (κ3) is 5.79. The summed E-state index contributed by atoms with van der Waals surface area (Å²) in [7, 11) is 0. The highest BCUT2D eigenvalue weighted by Gasteiger charge is 2.05. The molecule has 0 heterocycles. The zero-order valence-corrected chi connectivity index (χ0v) is 8.34. The summed E-state index contributed by atoms with van der Waals surface area (Å²) >= 11 is 16.0. The highest BCUT2D eigenvalue weighted by molar-refractivity contribution is 7.85. The van der Waals surface area contributed by atoms with Crippen LogP contribution in [0.4, 0.5) is 0 Å². The Balaban J connectivity index is 3.22. The van der Waals surface area contributed by atoms with E-state index in [9.17, 15) is 0 Å². The van der Waals surface area contributed by atoms with Crippen molar-refractivity contribution < 1.29 is 4.74 Å². The topological polar surface area (TPSA) is 9.23 Å². The Morgan fingerprint density at radius 2 is 1.33 bits per heavy atom. The predicted octanol–water partition coefficient (Wildman–Crippen LogP) is 1.37. The van der Waals surface area contributed by atoms with Crippen LogP contribution in [0.1, 0.15) is 0 Å². The smallest absolute Gasteiger partial charge is 0.110 e. The Labute approximate surface area is 77.6 Å². The molecule has 2 atom stereocenters. The van der Waals surface area contributed by atoms with E-state index < -0.39 is 0 Å². The highest BCUT2D eigenvalue weighted by Crippen LogP contribution is 2.08. The van der Waals surface area contributed by atoms with Crippen LogP contribution in [0.3, 0.4) is 0 Å². The number of thiol groups is 4. The molecular weight excluding hydrogens is 192 g/mol. The zero-order chi connectivity index (χ0) is 7.28. The van der Waals surface area contributed by atoms with Crippen LogP contribution in [-0.2, 0) is 4.74 Å². The molecule has 2 unspecified atom stereocenters. The van der Waals surface area contributed by atoms with Crippen molar-refractivity contribution in [2.75, 3.05) is 11.5 Å². The van der Waals surface area contributed by atoms with Crippen LogP contribution in [-0.4, -0.2) is 22.4 Å².